The minimum atomic E-state index is 0.730. The number of aliphatic imine (C=N–C) groups is 1. The third kappa shape index (κ3) is 3.62. The fourth-order valence-electron chi connectivity index (χ4n) is 1.37. The second-order valence-corrected chi connectivity index (χ2v) is 4.82. The van der Waals surface area contributed by atoms with E-state index in [0.717, 1.165) is 16.3 Å². The summed E-state index contributed by atoms with van der Waals surface area (Å²) in [5, 5.41) is 0.730. The van der Waals surface area contributed by atoms with E-state index in [1.165, 1.54) is 4.90 Å². The van der Waals surface area contributed by atoms with Crippen LogP contribution in [0.2, 0.25) is 5.02 Å². The minimum Gasteiger partial charge on any atom is -0.256 e. The third-order valence-electron chi connectivity index (χ3n) is 2.31. The van der Waals surface area contributed by atoms with E-state index in [1.54, 1.807) is 11.8 Å². The van der Waals surface area contributed by atoms with E-state index in [1.807, 2.05) is 30.5 Å². The molecule has 2 aromatic carbocycles. The maximum Gasteiger partial charge on any atom is 0.0630 e. The smallest absolute Gasteiger partial charge is 0.0630 e. The molecular weight excluding hydrogens is 250 g/mol. The Morgan fingerprint density at radius 2 is 1.65 bits per heavy atom. The Morgan fingerprint density at radius 1 is 1.00 bits per heavy atom. The Labute approximate surface area is 111 Å². The Balaban J connectivity index is 2.11. The molecule has 0 aliphatic rings. The van der Waals surface area contributed by atoms with Crippen molar-refractivity contribution in [3.05, 3.63) is 59.1 Å². The van der Waals surface area contributed by atoms with Gasteiger partial charge in [0.25, 0.3) is 0 Å². The van der Waals surface area contributed by atoms with Crippen LogP contribution in [0.1, 0.15) is 5.56 Å². The lowest BCUT2D eigenvalue weighted by molar-refractivity contribution is 1.45. The van der Waals surface area contributed by atoms with E-state index < -0.39 is 0 Å². The van der Waals surface area contributed by atoms with Crippen LogP contribution in [0.3, 0.4) is 0 Å². The lowest BCUT2D eigenvalue weighted by atomic mass is 10.2. The molecule has 0 heterocycles. The quantitative estimate of drug-likeness (QED) is 0.570. The average molecular weight is 262 g/mol. The standard InChI is InChI=1S/C14H12ClNS/c1-17-14-8-2-11(3-9-14)10-16-13-6-4-12(15)5-7-13/h2-10H,1H3. The van der Waals surface area contributed by atoms with Crippen molar-refractivity contribution in [3.63, 3.8) is 0 Å². The van der Waals surface area contributed by atoms with Gasteiger partial charge in [-0.1, -0.05) is 23.7 Å². The number of nitrogens with zero attached hydrogens (tertiary/aromatic N) is 1. The third-order valence-corrected chi connectivity index (χ3v) is 3.30. The van der Waals surface area contributed by atoms with Crippen molar-refractivity contribution in [2.75, 3.05) is 6.26 Å². The summed E-state index contributed by atoms with van der Waals surface area (Å²) in [5.41, 5.74) is 2.00. The zero-order valence-electron chi connectivity index (χ0n) is 9.43. The lowest BCUT2D eigenvalue weighted by Crippen LogP contribution is -1.79. The van der Waals surface area contributed by atoms with E-state index in [0.29, 0.717) is 0 Å². The topological polar surface area (TPSA) is 12.4 Å². The molecule has 1 nitrogen and oxygen atoms in total. The molecule has 0 radical (unpaired) electrons. The lowest BCUT2D eigenvalue weighted by Gasteiger charge is -1.97. The first-order chi connectivity index (χ1) is 8.28. The minimum absolute atomic E-state index is 0.730. The highest BCUT2D eigenvalue weighted by molar-refractivity contribution is 7.98. The summed E-state index contributed by atoms with van der Waals surface area (Å²) in [5.74, 6) is 0. The Kier molecular flexibility index (Phi) is 4.24. The first-order valence-corrected chi connectivity index (χ1v) is 6.82. The van der Waals surface area contributed by atoms with Crippen LogP contribution in [0.25, 0.3) is 0 Å². The highest BCUT2D eigenvalue weighted by Crippen LogP contribution is 2.17. The fourth-order valence-corrected chi connectivity index (χ4v) is 1.90. The summed E-state index contributed by atoms with van der Waals surface area (Å²) < 4.78 is 0. The molecule has 0 bridgehead atoms. The van der Waals surface area contributed by atoms with Crippen molar-refractivity contribution in [1.82, 2.24) is 0 Å². The van der Waals surface area contributed by atoms with Crippen LogP contribution in [0.4, 0.5) is 5.69 Å². The van der Waals surface area contributed by atoms with E-state index in [4.69, 9.17) is 11.6 Å². The second kappa shape index (κ2) is 5.89. The van der Waals surface area contributed by atoms with Crippen molar-refractivity contribution in [2.45, 2.75) is 4.90 Å². The average Bonchev–Trinajstić information content (AvgIpc) is 2.39. The molecule has 0 fully saturated rings. The fraction of sp³-hybridized carbons (Fsp3) is 0.0714. The molecule has 0 N–H and O–H groups in total. The van der Waals surface area contributed by atoms with Crippen LogP contribution >= 0.6 is 23.4 Å². The molecule has 0 spiro atoms. The summed E-state index contributed by atoms with van der Waals surface area (Å²) in [6.07, 6.45) is 3.92. The Morgan fingerprint density at radius 3 is 2.24 bits per heavy atom. The molecule has 0 atom stereocenters. The van der Waals surface area contributed by atoms with Crippen molar-refractivity contribution in [2.24, 2.45) is 4.99 Å². The predicted molar refractivity (Wildman–Crippen MR) is 76.9 cm³/mol. The summed E-state index contributed by atoms with van der Waals surface area (Å²) >= 11 is 7.54. The normalized spacial score (nSPS) is 10.9. The van der Waals surface area contributed by atoms with Gasteiger partial charge in [0.15, 0.2) is 0 Å². The summed E-state index contributed by atoms with van der Waals surface area (Å²) in [7, 11) is 0. The first-order valence-electron chi connectivity index (χ1n) is 5.21. The second-order valence-electron chi connectivity index (χ2n) is 3.51. The van der Waals surface area contributed by atoms with Crippen molar-refractivity contribution in [3.8, 4) is 0 Å². The van der Waals surface area contributed by atoms with Crippen LogP contribution in [0, 0.1) is 0 Å². The maximum absolute atomic E-state index is 5.81. The molecule has 0 aliphatic carbocycles. The largest absolute Gasteiger partial charge is 0.256 e. The van der Waals surface area contributed by atoms with Gasteiger partial charge in [0, 0.05) is 16.1 Å². The number of halogens is 1. The zero-order chi connectivity index (χ0) is 12.1. The maximum atomic E-state index is 5.81. The molecule has 2 rings (SSSR count). The summed E-state index contributed by atoms with van der Waals surface area (Å²) in [6.45, 7) is 0. The Bertz CT molecular complexity index is 503. The predicted octanol–water partition coefficient (Wildman–Crippen LogP) is 4.81. The molecule has 0 aromatic heterocycles. The van der Waals surface area contributed by atoms with Crippen LogP contribution in [-0.4, -0.2) is 12.5 Å². The van der Waals surface area contributed by atoms with E-state index in [9.17, 15) is 0 Å². The van der Waals surface area contributed by atoms with Gasteiger partial charge in [0.2, 0.25) is 0 Å². The number of benzene rings is 2. The molecule has 17 heavy (non-hydrogen) atoms. The van der Waals surface area contributed by atoms with Gasteiger partial charge in [-0.3, -0.25) is 4.99 Å². The van der Waals surface area contributed by atoms with Crippen molar-refractivity contribution >= 4 is 35.3 Å². The monoisotopic (exact) mass is 261 g/mol. The van der Waals surface area contributed by atoms with Gasteiger partial charge in [-0.25, -0.2) is 0 Å². The van der Waals surface area contributed by atoms with Gasteiger partial charge in [-0.05, 0) is 48.2 Å². The summed E-state index contributed by atoms with van der Waals surface area (Å²) in [4.78, 5) is 5.64. The zero-order valence-corrected chi connectivity index (χ0v) is 11.0. The highest BCUT2D eigenvalue weighted by Gasteiger charge is 1.91. The van der Waals surface area contributed by atoms with Crippen LogP contribution in [0.15, 0.2) is 58.4 Å². The first kappa shape index (κ1) is 12.2. The van der Waals surface area contributed by atoms with Gasteiger partial charge in [0.05, 0.1) is 5.69 Å². The Hall–Kier alpha value is -1.25. The van der Waals surface area contributed by atoms with Crippen LogP contribution in [0.5, 0.6) is 0 Å². The number of rotatable bonds is 3. The molecule has 0 aliphatic heterocycles. The van der Waals surface area contributed by atoms with Gasteiger partial charge in [0.1, 0.15) is 0 Å². The molecule has 2 aromatic rings. The van der Waals surface area contributed by atoms with Gasteiger partial charge in [-0.15, -0.1) is 11.8 Å². The molecule has 0 saturated heterocycles. The molecule has 3 heteroatoms. The SMILES string of the molecule is CSc1ccc(C=Nc2ccc(Cl)cc2)cc1. The van der Waals surface area contributed by atoms with Gasteiger partial charge < -0.3 is 0 Å². The van der Waals surface area contributed by atoms with Crippen LogP contribution in [-0.2, 0) is 0 Å². The molecule has 86 valence electrons. The number of hydrogen-bond donors (Lipinski definition) is 0. The molecule has 0 saturated carbocycles. The molecule has 0 unspecified atom stereocenters. The van der Waals surface area contributed by atoms with E-state index in [-0.39, 0.29) is 0 Å². The summed E-state index contributed by atoms with van der Waals surface area (Å²) in [6, 6.07) is 15.8. The van der Waals surface area contributed by atoms with Gasteiger partial charge in [-0.2, -0.15) is 0 Å². The number of hydrogen-bond acceptors (Lipinski definition) is 2. The van der Waals surface area contributed by atoms with Gasteiger partial charge >= 0.3 is 0 Å². The van der Waals surface area contributed by atoms with Crippen molar-refractivity contribution in [1.29, 1.82) is 0 Å². The van der Waals surface area contributed by atoms with Crippen molar-refractivity contribution < 1.29 is 0 Å². The van der Waals surface area contributed by atoms with E-state index in [2.05, 4.69) is 35.5 Å². The number of thioether (sulfide) groups is 1. The van der Waals surface area contributed by atoms with E-state index >= 15 is 0 Å². The highest BCUT2D eigenvalue weighted by atomic mass is 35.5. The van der Waals surface area contributed by atoms with Crippen LogP contribution < -0.4 is 0 Å². The molecule has 0 amide bonds. The molecular formula is C14H12ClNS.